The Hall–Kier alpha value is -0.0600. The van der Waals surface area contributed by atoms with Gasteiger partial charge in [-0.2, -0.15) is 0 Å². The molecular formula is C5H6INO. The largest absolute Gasteiger partial charge is 0.448 e. The molecule has 0 radical (unpaired) electrons. The number of alkyl halides is 1. The van der Waals surface area contributed by atoms with E-state index in [1.807, 2.05) is 6.92 Å². The van der Waals surface area contributed by atoms with Crippen molar-refractivity contribution in [3.63, 3.8) is 0 Å². The molecule has 0 saturated heterocycles. The standard InChI is InChI=1S/C5H6INO/c1-4-5(2-6)7-3-8-4/h3H,2H2,1H3. The van der Waals surface area contributed by atoms with Gasteiger partial charge in [-0.05, 0) is 6.92 Å². The third-order valence-electron chi connectivity index (χ3n) is 0.971. The highest BCUT2D eigenvalue weighted by Gasteiger charge is 1.97. The van der Waals surface area contributed by atoms with Crippen molar-refractivity contribution in [1.29, 1.82) is 0 Å². The molecule has 44 valence electrons. The SMILES string of the molecule is Cc1ocnc1CI. The van der Waals surface area contributed by atoms with Crippen LogP contribution >= 0.6 is 22.6 Å². The molecule has 0 atom stereocenters. The minimum Gasteiger partial charge on any atom is -0.448 e. The van der Waals surface area contributed by atoms with Gasteiger partial charge in [-0.1, -0.05) is 22.6 Å². The first-order valence-electron chi connectivity index (χ1n) is 2.29. The van der Waals surface area contributed by atoms with Crippen LogP contribution in [0.2, 0.25) is 0 Å². The lowest BCUT2D eigenvalue weighted by Crippen LogP contribution is -1.76. The Labute approximate surface area is 61.4 Å². The van der Waals surface area contributed by atoms with Crippen molar-refractivity contribution in [3.8, 4) is 0 Å². The Morgan fingerprint density at radius 2 is 2.62 bits per heavy atom. The molecule has 0 fully saturated rings. The van der Waals surface area contributed by atoms with Crippen LogP contribution in [0.25, 0.3) is 0 Å². The van der Waals surface area contributed by atoms with Crippen molar-refractivity contribution in [3.05, 3.63) is 17.8 Å². The van der Waals surface area contributed by atoms with Crippen LogP contribution in [-0.4, -0.2) is 4.98 Å². The number of halogens is 1. The van der Waals surface area contributed by atoms with Crippen LogP contribution in [0.4, 0.5) is 0 Å². The lowest BCUT2D eigenvalue weighted by atomic mass is 10.4. The molecule has 0 amide bonds. The summed E-state index contributed by atoms with van der Waals surface area (Å²) >= 11 is 2.25. The highest BCUT2D eigenvalue weighted by molar-refractivity contribution is 14.1. The summed E-state index contributed by atoms with van der Waals surface area (Å²) in [6.07, 6.45) is 1.48. The zero-order valence-corrected chi connectivity index (χ0v) is 6.68. The van der Waals surface area contributed by atoms with Crippen LogP contribution in [0.1, 0.15) is 11.5 Å². The van der Waals surface area contributed by atoms with E-state index >= 15 is 0 Å². The lowest BCUT2D eigenvalue weighted by Gasteiger charge is -1.82. The molecule has 1 aromatic rings. The molecule has 0 aliphatic heterocycles. The van der Waals surface area contributed by atoms with E-state index in [-0.39, 0.29) is 0 Å². The van der Waals surface area contributed by atoms with E-state index in [1.54, 1.807) is 0 Å². The molecule has 0 unspecified atom stereocenters. The summed E-state index contributed by atoms with van der Waals surface area (Å²) in [7, 11) is 0. The maximum absolute atomic E-state index is 4.94. The molecule has 0 saturated carbocycles. The van der Waals surface area contributed by atoms with Gasteiger partial charge in [0, 0.05) is 4.43 Å². The highest BCUT2D eigenvalue weighted by Crippen LogP contribution is 2.07. The number of hydrogen-bond donors (Lipinski definition) is 0. The first-order valence-corrected chi connectivity index (χ1v) is 3.82. The number of hydrogen-bond acceptors (Lipinski definition) is 2. The average Bonchev–Trinajstić information content (AvgIpc) is 2.14. The zero-order valence-electron chi connectivity index (χ0n) is 4.52. The van der Waals surface area contributed by atoms with E-state index < -0.39 is 0 Å². The Balaban J connectivity index is 2.92. The molecule has 0 spiro atoms. The summed E-state index contributed by atoms with van der Waals surface area (Å²) in [4.78, 5) is 3.96. The van der Waals surface area contributed by atoms with Crippen LogP contribution in [0.5, 0.6) is 0 Å². The summed E-state index contributed by atoms with van der Waals surface area (Å²) in [5.74, 6) is 0.930. The number of aromatic nitrogens is 1. The minimum atomic E-state index is 0.930. The maximum atomic E-state index is 4.94. The Morgan fingerprint density at radius 1 is 1.88 bits per heavy atom. The minimum absolute atomic E-state index is 0.930. The zero-order chi connectivity index (χ0) is 5.98. The van der Waals surface area contributed by atoms with Gasteiger partial charge in [0.1, 0.15) is 5.76 Å². The molecule has 3 heteroatoms. The van der Waals surface area contributed by atoms with E-state index in [2.05, 4.69) is 27.6 Å². The van der Waals surface area contributed by atoms with Crippen molar-refractivity contribution in [2.75, 3.05) is 0 Å². The molecule has 0 N–H and O–H groups in total. The Bertz CT molecular complexity index is 173. The molecule has 0 aliphatic carbocycles. The second-order valence-corrected chi connectivity index (χ2v) is 2.25. The molecule has 1 rings (SSSR count). The predicted octanol–water partition coefficient (Wildman–Crippen LogP) is 1.92. The van der Waals surface area contributed by atoms with E-state index in [1.165, 1.54) is 6.39 Å². The first kappa shape index (κ1) is 6.07. The van der Waals surface area contributed by atoms with Gasteiger partial charge in [-0.3, -0.25) is 0 Å². The van der Waals surface area contributed by atoms with Crippen molar-refractivity contribution in [2.45, 2.75) is 11.4 Å². The molecule has 1 aromatic heterocycles. The second kappa shape index (κ2) is 2.48. The third kappa shape index (κ3) is 1.02. The van der Waals surface area contributed by atoms with Gasteiger partial charge in [0.2, 0.25) is 0 Å². The number of oxazole rings is 1. The highest BCUT2D eigenvalue weighted by atomic mass is 127. The summed E-state index contributed by atoms with van der Waals surface area (Å²) in [6.45, 7) is 1.92. The van der Waals surface area contributed by atoms with Crippen LogP contribution < -0.4 is 0 Å². The van der Waals surface area contributed by atoms with Crippen LogP contribution in [-0.2, 0) is 4.43 Å². The van der Waals surface area contributed by atoms with E-state index in [0.29, 0.717) is 0 Å². The van der Waals surface area contributed by atoms with Crippen molar-refractivity contribution in [2.24, 2.45) is 0 Å². The Morgan fingerprint density at radius 3 is 2.88 bits per heavy atom. The molecule has 0 bridgehead atoms. The molecule has 8 heavy (non-hydrogen) atoms. The van der Waals surface area contributed by atoms with Crippen LogP contribution in [0.3, 0.4) is 0 Å². The molecule has 0 aromatic carbocycles. The molecule has 0 aliphatic rings. The second-order valence-electron chi connectivity index (χ2n) is 1.49. The fraction of sp³-hybridized carbons (Fsp3) is 0.400. The summed E-state index contributed by atoms with van der Waals surface area (Å²) in [5.41, 5.74) is 1.05. The summed E-state index contributed by atoms with van der Waals surface area (Å²) < 4.78 is 5.87. The fourth-order valence-corrected chi connectivity index (χ4v) is 1.19. The number of nitrogens with zero attached hydrogens (tertiary/aromatic N) is 1. The van der Waals surface area contributed by atoms with Gasteiger partial charge >= 0.3 is 0 Å². The van der Waals surface area contributed by atoms with Crippen LogP contribution in [0, 0.1) is 6.92 Å². The van der Waals surface area contributed by atoms with Crippen molar-refractivity contribution >= 4 is 22.6 Å². The van der Waals surface area contributed by atoms with Gasteiger partial charge in [0.15, 0.2) is 6.39 Å². The quantitative estimate of drug-likeness (QED) is 0.536. The van der Waals surface area contributed by atoms with E-state index in [9.17, 15) is 0 Å². The predicted molar refractivity (Wildman–Crippen MR) is 39.0 cm³/mol. The van der Waals surface area contributed by atoms with E-state index in [4.69, 9.17) is 4.42 Å². The summed E-state index contributed by atoms with van der Waals surface area (Å²) in [5, 5.41) is 0. The average molecular weight is 223 g/mol. The van der Waals surface area contributed by atoms with Crippen molar-refractivity contribution < 1.29 is 4.42 Å². The maximum Gasteiger partial charge on any atom is 0.181 e. The number of aryl methyl sites for hydroxylation is 1. The lowest BCUT2D eigenvalue weighted by molar-refractivity contribution is 0.525. The van der Waals surface area contributed by atoms with Crippen LogP contribution in [0.15, 0.2) is 10.8 Å². The van der Waals surface area contributed by atoms with Gasteiger partial charge < -0.3 is 4.42 Å². The number of rotatable bonds is 1. The fourth-order valence-electron chi connectivity index (χ4n) is 0.457. The van der Waals surface area contributed by atoms with Gasteiger partial charge in [0.05, 0.1) is 5.69 Å². The topological polar surface area (TPSA) is 26.0 Å². The third-order valence-corrected chi connectivity index (χ3v) is 1.69. The monoisotopic (exact) mass is 223 g/mol. The molecule has 2 nitrogen and oxygen atoms in total. The van der Waals surface area contributed by atoms with Crippen molar-refractivity contribution in [1.82, 2.24) is 4.98 Å². The van der Waals surface area contributed by atoms with Gasteiger partial charge in [-0.15, -0.1) is 0 Å². The Kier molecular flexibility index (Phi) is 1.88. The summed E-state index contributed by atoms with van der Waals surface area (Å²) in [6, 6.07) is 0. The van der Waals surface area contributed by atoms with Gasteiger partial charge in [0.25, 0.3) is 0 Å². The van der Waals surface area contributed by atoms with E-state index in [0.717, 1.165) is 15.9 Å². The molecular weight excluding hydrogens is 217 g/mol. The molecule has 1 heterocycles. The normalized spacial score (nSPS) is 9.75. The smallest absolute Gasteiger partial charge is 0.181 e. The van der Waals surface area contributed by atoms with Gasteiger partial charge in [-0.25, -0.2) is 4.98 Å². The first-order chi connectivity index (χ1) is 3.84.